The van der Waals surface area contributed by atoms with Crippen molar-refractivity contribution in [2.75, 3.05) is 20.1 Å². The Morgan fingerprint density at radius 3 is 2.46 bits per heavy atom. The van der Waals surface area contributed by atoms with Gasteiger partial charge in [-0.05, 0) is 82.2 Å². The van der Waals surface area contributed by atoms with Crippen molar-refractivity contribution in [3.05, 3.63) is 82.1 Å². The third-order valence-electron chi connectivity index (χ3n) is 6.56. The van der Waals surface area contributed by atoms with Crippen molar-refractivity contribution >= 4 is 17.7 Å². The summed E-state index contributed by atoms with van der Waals surface area (Å²) in [7, 11) is 2.20. The van der Waals surface area contributed by atoms with Gasteiger partial charge in [-0.25, -0.2) is 0 Å². The van der Waals surface area contributed by atoms with Gasteiger partial charge in [0.2, 0.25) is 0 Å². The normalized spacial score (nSPS) is 14.3. The van der Waals surface area contributed by atoms with Crippen molar-refractivity contribution in [3.8, 4) is 5.69 Å². The molecule has 1 aliphatic rings. The third-order valence-corrected chi connectivity index (χ3v) is 7.50. The SMILES string of the molecule is Cc1ccc(Sc2ccc(=O)n(-c3ccc(C(=O)NCCCN(C)C4CCCCC4)cc3)n2)cc1. The van der Waals surface area contributed by atoms with Crippen LogP contribution in [0.15, 0.2) is 75.4 Å². The van der Waals surface area contributed by atoms with E-state index in [2.05, 4.69) is 34.5 Å². The molecule has 1 aliphatic carbocycles. The molecular formula is C28H34N4O2S. The second-order valence-electron chi connectivity index (χ2n) is 9.27. The molecule has 1 amide bonds. The Balaban J connectivity index is 1.32. The summed E-state index contributed by atoms with van der Waals surface area (Å²) in [5.41, 5.74) is 2.19. The van der Waals surface area contributed by atoms with Crippen LogP contribution in [-0.2, 0) is 0 Å². The van der Waals surface area contributed by atoms with Crippen LogP contribution in [0.2, 0.25) is 0 Å². The molecule has 0 unspecified atom stereocenters. The van der Waals surface area contributed by atoms with Crippen LogP contribution in [0, 0.1) is 6.92 Å². The van der Waals surface area contributed by atoms with Gasteiger partial charge in [-0.15, -0.1) is 0 Å². The lowest BCUT2D eigenvalue weighted by Crippen LogP contribution is -2.35. The van der Waals surface area contributed by atoms with Crippen molar-refractivity contribution in [2.45, 2.75) is 61.4 Å². The fraction of sp³-hybridized carbons (Fsp3) is 0.393. The molecule has 3 aromatic rings. The van der Waals surface area contributed by atoms with Gasteiger partial charge in [0.1, 0.15) is 5.03 Å². The van der Waals surface area contributed by atoms with Gasteiger partial charge in [0.25, 0.3) is 11.5 Å². The fourth-order valence-corrected chi connectivity index (χ4v) is 5.22. The first-order chi connectivity index (χ1) is 17.0. The number of aryl methyl sites for hydroxylation is 1. The molecule has 6 nitrogen and oxygen atoms in total. The van der Waals surface area contributed by atoms with E-state index in [0.717, 1.165) is 22.9 Å². The van der Waals surface area contributed by atoms with Crippen LogP contribution in [0.3, 0.4) is 0 Å². The van der Waals surface area contributed by atoms with E-state index in [4.69, 9.17) is 0 Å². The minimum Gasteiger partial charge on any atom is -0.352 e. The van der Waals surface area contributed by atoms with Crippen LogP contribution in [0.1, 0.15) is 54.4 Å². The topological polar surface area (TPSA) is 67.2 Å². The summed E-state index contributed by atoms with van der Waals surface area (Å²) in [4.78, 5) is 28.5. The first-order valence-electron chi connectivity index (χ1n) is 12.4. The van der Waals surface area contributed by atoms with Crippen molar-refractivity contribution < 1.29 is 4.79 Å². The first-order valence-corrected chi connectivity index (χ1v) is 13.2. The van der Waals surface area contributed by atoms with Crippen LogP contribution < -0.4 is 10.9 Å². The zero-order valence-electron chi connectivity index (χ0n) is 20.6. The number of benzene rings is 2. The average Bonchev–Trinajstić information content (AvgIpc) is 2.89. The van der Waals surface area contributed by atoms with E-state index in [1.165, 1.54) is 60.2 Å². The lowest BCUT2D eigenvalue weighted by molar-refractivity contribution is 0.0950. The molecule has 1 N–H and O–H groups in total. The summed E-state index contributed by atoms with van der Waals surface area (Å²) in [5.74, 6) is -0.0964. The van der Waals surface area contributed by atoms with Crippen LogP contribution in [0.25, 0.3) is 5.69 Å². The van der Waals surface area contributed by atoms with E-state index >= 15 is 0 Å². The third kappa shape index (κ3) is 7.05. The Morgan fingerprint density at radius 2 is 1.74 bits per heavy atom. The number of carbonyl (C=O) groups excluding carboxylic acids is 1. The zero-order chi connectivity index (χ0) is 24.6. The number of nitrogens with zero attached hydrogens (tertiary/aromatic N) is 3. The molecule has 1 heterocycles. The zero-order valence-corrected chi connectivity index (χ0v) is 21.4. The molecule has 1 aromatic heterocycles. The van der Waals surface area contributed by atoms with E-state index in [1.54, 1.807) is 30.3 Å². The van der Waals surface area contributed by atoms with Crippen molar-refractivity contribution in [1.29, 1.82) is 0 Å². The summed E-state index contributed by atoms with van der Waals surface area (Å²) in [6, 6.07) is 19.1. The Labute approximate surface area is 211 Å². The van der Waals surface area contributed by atoms with Gasteiger partial charge in [0.15, 0.2) is 0 Å². The summed E-state index contributed by atoms with van der Waals surface area (Å²) in [5, 5.41) is 8.26. The second-order valence-corrected chi connectivity index (χ2v) is 10.4. The molecule has 2 aromatic carbocycles. The van der Waals surface area contributed by atoms with Gasteiger partial charge >= 0.3 is 0 Å². The Bertz CT molecular complexity index is 1170. The Hall–Kier alpha value is -2.90. The van der Waals surface area contributed by atoms with Gasteiger partial charge in [-0.3, -0.25) is 9.59 Å². The van der Waals surface area contributed by atoms with Crippen LogP contribution in [0.5, 0.6) is 0 Å². The highest BCUT2D eigenvalue weighted by molar-refractivity contribution is 7.99. The predicted octanol–water partition coefficient (Wildman–Crippen LogP) is 5.08. The number of hydrogen-bond donors (Lipinski definition) is 1. The van der Waals surface area contributed by atoms with E-state index in [-0.39, 0.29) is 11.5 Å². The molecule has 0 radical (unpaired) electrons. The molecule has 0 bridgehead atoms. The smallest absolute Gasteiger partial charge is 0.271 e. The van der Waals surface area contributed by atoms with Crippen LogP contribution in [0.4, 0.5) is 0 Å². The van der Waals surface area contributed by atoms with E-state index in [1.807, 2.05) is 19.1 Å². The molecular weight excluding hydrogens is 456 g/mol. The van der Waals surface area contributed by atoms with Gasteiger partial charge in [0.05, 0.1) is 5.69 Å². The van der Waals surface area contributed by atoms with Gasteiger partial charge in [-0.2, -0.15) is 9.78 Å². The second kappa shape index (κ2) is 12.2. The maximum absolute atomic E-state index is 12.6. The minimum atomic E-state index is -0.211. The standard InChI is InChI=1S/C28H34N4O2S/c1-21-9-15-25(16-10-21)35-26-17-18-27(33)32(30-26)24-13-11-22(12-14-24)28(34)29-19-6-20-31(2)23-7-4-3-5-8-23/h9-18,23H,3-8,19-20H2,1-2H3,(H,29,34). The quantitative estimate of drug-likeness (QED) is 0.424. The minimum absolute atomic E-state index is 0.0964. The van der Waals surface area contributed by atoms with Gasteiger partial charge in [-0.1, -0.05) is 48.7 Å². The number of rotatable bonds is 9. The number of carbonyl (C=O) groups is 1. The number of hydrogen-bond acceptors (Lipinski definition) is 5. The lowest BCUT2D eigenvalue weighted by atomic mass is 9.94. The van der Waals surface area contributed by atoms with Gasteiger partial charge in [0, 0.05) is 29.1 Å². The van der Waals surface area contributed by atoms with Crippen molar-refractivity contribution in [2.24, 2.45) is 0 Å². The van der Waals surface area contributed by atoms with E-state index < -0.39 is 0 Å². The summed E-state index contributed by atoms with van der Waals surface area (Å²) in [6.07, 6.45) is 7.54. The van der Waals surface area contributed by atoms with E-state index in [0.29, 0.717) is 23.8 Å². The predicted molar refractivity (Wildman–Crippen MR) is 142 cm³/mol. The fourth-order valence-electron chi connectivity index (χ4n) is 4.45. The Morgan fingerprint density at radius 1 is 1.03 bits per heavy atom. The van der Waals surface area contributed by atoms with Crippen LogP contribution >= 0.6 is 11.8 Å². The summed E-state index contributed by atoms with van der Waals surface area (Å²) >= 11 is 1.51. The molecule has 35 heavy (non-hydrogen) atoms. The largest absolute Gasteiger partial charge is 0.352 e. The Kier molecular flexibility index (Phi) is 8.77. The van der Waals surface area contributed by atoms with E-state index in [9.17, 15) is 9.59 Å². The molecule has 0 spiro atoms. The summed E-state index contributed by atoms with van der Waals surface area (Å²) in [6.45, 7) is 3.69. The molecule has 0 atom stereocenters. The maximum atomic E-state index is 12.6. The highest BCUT2D eigenvalue weighted by atomic mass is 32.2. The average molecular weight is 491 g/mol. The first kappa shape index (κ1) is 25.2. The highest BCUT2D eigenvalue weighted by Crippen LogP contribution is 2.25. The molecule has 184 valence electrons. The molecule has 7 heteroatoms. The molecule has 1 saturated carbocycles. The van der Waals surface area contributed by atoms with Crippen molar-refractivity contribution in [1.82, 2.24) is 20.0 Å². The molecule has 0 aliphatic heterocycles. The number of amides is 1. The van der Waals surface area contributed by atoms with Crippen LogP contribution in [-0.4, -0.2) is 46.8 Å². The lowest BCUT2D eigenvalue weighted by Gasteiger charge is -2.31. The number of nitrogens with one attached hydrogen (secondary N) is 1. The van der Waals surface area contributed by atoms with Crippen molar-refractivity contribution in [3.63, 3.8) is 0 Å². The van der Waals surface area contributed by atoms with Gasteiger partial charge < -0.3 is 10.2 Å². The molecule has 4 rings (SSSR count). The summed E-state index contributed by atoms with van der Waals surface area (Å²) < 4.78 is 1.37. The molecule has 0 saturated heterocycles. The maximum Gasteiger partial charge on any atom is 0.271 e. The monoisotopic (exact) mass is 490 g/mol. The highest BCUT2D eigenvalue weighted by Gasteiger charge is 2.17. The number of aromatic nitrogens is 2. The molecule has 1 fully saturated rings.